The molecule has 2 fully saturated rings. The van der Waals surface area contributed by atoms with E-state index in [1.165, 1.54) is 0 Å². The molecule has 6 heteroatoms. The predicted octanol–water partition coefficient (Wildman–Crippen LogP) is 2.47. The molecule has 1 saturated carbocycles. The molecule has 0 aromatic carbocycles. The summed E-state index contributed by atoms with van der Waals surface area (Å²) in [7, 11) is 0. The Hall–Kier alpha value is -1.95. The fraction of sp³-hybridized carbons (Fsp3) is 0.650. The number of rotatable bonds is 3. The molecule has 1 saturated heterocycles. The average Bonchev–Trinajstić information content (AvgIpc) is 2.63. The first-order chi connectivity index (χ1) is 12.4. The van der Waals surface area contributed by atoms with Crippen LogP contribution in [0.2, 0.25) is 0 Å². The molecule has 1 aromatic rings. The zero-order valence-electron chi connectivity index (χ0n) is 15.8. The highest BCUT2D eigenvalue weighted by Gasteiger charge is 2.40. The molecule has 1 aromatic heterocycles. The van der Waals surface area contributed by atoms with E-state index in [0.717, 1.165) is 31.2 Å². The van der Waals surface area contributed by atoms with Gasteiger partial charge >= 0.3 is 0 Å². The van der Waals surface area contributed by atoms with Crippen molar-refractivity contribution in [2.75, 3.05) is 18.4 Å². The standard InChI is InChI=1S/C20H30N4O2/c1-14-6-7-17(22-13-14)23-18(25)15-8-11-24(12-9-15)19(26)16-5-3-4-10-20(16,2)21/h6-7,13,15-16H,3-5,8-12,21H2,1-2H3,(H,22,23,25). The third kappa shape index (κ3) is 4.23. The van der Waals surface area contributed by atoms with E-state index in [4.69, 9.17) is 5.73 Å². The molecule has 6 nitrogen and oxygen atoms in total. The normalized spacial score (nSPS) is 27.2. The van der Waals surface area contributed by atoms with Gasteiger partial charge in [-0.1, -0.05) is 18.9 Å². The van der Waals surface area contributed by atoms with Crippen LogP contribution in [0.15, 0.2) is 18.3 Å². The minimum absolute atomic E-state index is 0.00483. The predicted molar refractivity (Wildman–Crippen MR) is 101 cm³/mol. The minimum atomic E-state index is -0.402. The van der Waals surface area contributed by atoms with Crippen LogP contribution in [0, 0.1) is 18.8 Å². The Balaban J connectivity index is 1.52. The summed E-state index contributed by atoms with van der Waals surface area (Å²) in [4.78, 5) is 31.5. The topological polar surface area (TPSA) is 88.3 Å². The highest BCUT2D eigenvalue weighted by atomic mass is 16.2. The molecule has 3 rings (SSSR count). The van der Waals surface area contributed by atoms with Crippen molar-refractivity contribution >= 4 is 17.6 Å². The van der Waals surface area contributed by atoms with Crippen molar-refractivity contribution in [1.29, 1.82) is 0 Å². The maximum Gasteiger partial charge on any atom is 0.228 e. The number of nitrogens with zero attached hydrogens (tertiary/aromatic N) is 2. The summed E-state index contributed by atoms with van der Waals surface area (Å²) in [6.45, 7) is 5.23. The van der Waals surface area contributed by atoms with Crippen molar-refractivity contribution in [2.24, 2.45) is 17.6 Å². The van der Waals surface area contributed by atoms with Gasteiger partial charge in [0.2, 0.25) is 11.8 Å². The third-order valence-corrected chi connectivity index (χ3v) is 5.89. The van der Waals surface area contributed by atoms with Gasteiger partial charge in [0.15, 0.2) is 0 Å². The van der Waals surface area contributed by atoms with E-state index in [0.29, 0.717) is 31.7 Å². The van der Waals surface area contributed by atoms with Gasteiger partial charge in [-0.05, 0) is 51.2 Å². The molecule has 2 aliphatic rings. The van der Waals surface area contributed by atoms with Crippen LogP contribution in [0.1, 0.15) is 51.0 Å². The van der Waals surface area contributed by atoms with Gasteiger partial charge in [0.25, 0.3) is 0 Å². The summed E-state index contributed by atoms with van der Waals surface area (Å²) in [6, 6.07) is 3.74. The zero-order chi connectivity index (χ0) is 18.7. The van der Waals surface area contributed by atoms with Crippen molar-refractivity contribution in [1.82, 2.24) is 9.88 Å². The number of carbonyl (C=O) groups is 2. The van der Waals surface area contributed by atoms with Crippen molar-refractivity contribution in [3.05, 3.63) is 23.9 Å². The van der Waals surface area contributed by atoms with Gasteiger partial charge < -0.3 is 16.0 Å². The SMILES string of the molecule is Cc1ccc(NC(=O)C2CCN(C(=O)C3CCCCC3(C)N)CC2)nc1. The summed E-state index contributed by atoms with van der Waals surface area (Å²) in [5, 5.41) is 2.89. The molecule has 0 spiro atoms. The highest BCUT2D eigenvalue weighted by Crippen LogP contribution is 2.34. The highest BCUT2D eigenvalue weighted by molar-refractivity contribution is 5.92. The molecule has 0 bridgehead atoms. The first kappa shape index (κ1) is 18.8. The minimum Gasteiger partial charge on any atom is -0.342 e. The largest absolute Gasteiger partial charge is 0.342 e. The molecule has 1 aliphatic carbocycles. The Morgan fingerprint density at radius 2 is 1.96 bits per heavy atom. The van der Waals surface area contributed by atoms with Gasteiger partial charge in [-0.25, -0.2) is 4.98 Å². The van der Waals surface area contributed by atoms with Crippen molar-refractivity contribution in [2.45, 2.75) is 57.9 Å². The zero-order valence-corrected chi connectivity index (χ0v) is 15.8. The number of piperidine rings is 1. The summed E-state index contributed by atoms with van der Waals surface area (Å²) in [5.41, 5.74) is 7.04. The number of anilines is 1. The lowest BCUT2D eigenvalue weighted by Gasteiger charge is -2.41. The molecule has 2 amide bonds. The average molecular weight is 358 g/mol. The van der Waals surface area contributed by atoms with Crippen molar-refractivity contribution in [3.63, 3.8) is 0 Å². The summed E-state index contributed by atoms with van der Waals surface area (Å²) < 4.78 is 0. The van der Waals surface area contributed by atoms with Crippen LogP contribution in [-0.4, -0.2) is 40.3 Å². The van der Waals surface area contributed by atoms with Gasteiger partial charge in [-0.2, -0.15) is 0 Å². The van der Waals surface area contributed by atoms with Crippen LogP contribution in [0.25, 0.3) is 0 Å². The summed E-state index contributed by atoms with van der Waals surface area (Å²) in [5.74, 6) is 0.597. The number of hydrogen-bond donors (Lipinski definition) is 2. The number of aryl methyl sites for hydroxylation is 1. The number of likely N-dealkylation sites (tertiary alicyclic amines) is 1. The van der Waals surface area contributed by atoms with E-state index in [2.05, 4.69) is 10.3 Å². The molecule has 2 heterocycles. The molecule has 1 aliphatic heterocycles. The van der Waals surface area contributed by atoms with E-state index >= 15 is 0 Å². The van der Waals surface area contributed by atoms with Crippen molar-refractivity contribution < 1.29 is 9.59 Å². The van der Waals surface area contributed by atoms with E-state index in [9.17, 15) is 9.59 Å². The van der Waals surface area contributed by atoms with E-state index in [1.54, 1.807) is 6.20 Å². The van der Waals surface area contributed by atoms with E-state index in [-0.39, 0.29) is 23.7 Å². The first-order valence-electron chi connectivity index (χ1n) is 9.68. The van der Waals surface area contributed by atoms with Crippen LogP contribution < -0.4 is 11.1 Å². The number of amides is 2. The summed E-state index contributed by atoms with van der Waals surface area (Å²) in [6.07, 6.45) is 7.09. The quantitative estimate of drug-likeness (QED) is 0.869. The van der Waals surface area contributed by atoms with Crippen LogP contribution >= 0.6 is 0 Å². The molecule has 2 atom stereocenters. The first-order valence-corrected chi connectivity index (χ1v) is 9.68. The second-order valence-corrected chi connectivity index (χ2v) is 8.11. The molecule has 0 radical (unpaired) electrons. The van der Waals surface area contributed by atoms with Crippen LogP contribution in [0.5, 0.6) is 0 Å². The lowest BCUT2D eigenvalue weighted by atomic mass is 9.73. The summed E-state index contributed by atoms with van der Waals surface area (Å²) >= 11 is 0. The van der Waals surface area contributed by atoms with Gasteiger partial charge in [-0.3, -0.25) is 9.59 Å². The van der Waals surface area contributed by atoms with Crippen LogP contribution in [0.4, 0.5) is 5.82 Å². The van der Waals surface area contributed by atoms with Crippen molar-refractivity contribution in [3.8, 4) is 0 Å². The number of nitrogens with one attached hydrogen (secondary N) is 1. The Bertz CT molecular complexity index is 648. The molecule has 2 unspecified atom stereocenters. The Labute approximate surface area is 155 Å². The van der Waals surface area contributed by atoms with Gasteiger partial charge in [0.1, 0.15) is 5.82 Å². The number of carbonyl (C=O) groups excluding carboxylic acids is 2. The van der Waals surface area contributed by atoms with E-state index < -0.39 is 5.54 Å². The monoisotopic (exact) mass is 358 g/mol. The Morgan fingerprint density at radius 1 is 1.23 bits per heavy atom. The molecule has 26 heavy (non-hydrogen) atoms. The van der Waals surface area contributed by atoms with Gasteiger partial charge in [-0.15, -0.1) is 0 Å². The number of nitrogens with two attached hydrogens (primary N) is 1. The third-order valence-electron chi connectivity index (χ3n) is 5.89. The van der Waals surface area contributed by atoms with Crippen LogP contribution in [-0.2, 0) is 9.59 Å². The molecular weight excluding hydrogens is 328 g/mol. The van der Waals surface area contributed by atoms with E-state index in [1.807, 2.05) is 30.9 Å². The maximum atomic E-state index is 12.9. The molecule has 3 N–H and O–H groups in total. The van der Waals surface area contributed by atoms with Crippen LogP contribution in [0.3, 0.4) is 0 Å². The Kier molecular flexibility index (Phi) is 5.61. The Morgan fingerprint density at radius 3 is 2.58 bits per heavy atom. The number of hydrogen-bond acceptors (Lipinski definition) is 4. The molecular formula is C20H30N4O2. The maximum absolute atomic E-state index is 12.9. The second-order valence-electron chi connectivity index (χ2n) is 8.11. The lowest BCUT2D eigenvalue weighted by Crippen LogP contribution is -2.55. The second kappa shape index (κ2) is 7.74. The number of pyridine rings is 1. The van der Waals surface area contributed by atoms with Gasteiger partial charge in [0.05, 0.1) is 5.92 Å². The fourth-order valence-electron chi connectivity index (χ4n) is 4.12. The number of aromatic nitrogens is 1. The lowest BCUT2D eigenvalue weighted by molar-refractivity contribution is -0.141. The van der Waals surface area contributed by atoms with Gasteiger partial charge in [0, 0.05) is 30.7 Å². The smallest absolute Gasteiger partial charge is 0.228 e. The fourth-order valence-corrected chi connectivity index (χ4v) is 4.12. The molecule has 142 valence electrons.